The molecule has 6 heteroatoms. The number of aromatic nitrogens is 4. The van der Waals surface area contributed by atoms with Crippen molar-refractivity contribution in [2.24, 2.45) is 0 Å². The van der Waals surface area contributed by atoms with Gasteiger partial charge in [0.15, 0.2) is 0 Å². The summed E-state index contributed by atoms with van der Waals surface area (Å²) in [4.78, 5) is 17.0. The standard InChI is InChI=1S/C21H20N6/c1-22-20-16-9-8-15(13-5-3-2-4-6-13)19(16)26-21(27-20)25-14-7-10-17-18(11-14)24-12-23-17/h2-7,10-12,15H,8-9H2,1H3,(H,23,24)(H2,22,25,26,27). The molecule has 4 aromatic rings. The summed E-state index contributed by atoms with van der Waals surface area (Å²) in [6.45, 7) is 0. The van der Waals surface area contributed by atoms with E-state index in [-0.39, 0.29) is 0 Å². The Labute approximate surface area is 157 Å². The van der Waals surface area contributed by atoms with Crippen LogP contribution in [-0.4, -0.2) is 27.0 Å². The highest BCUT2D eigenvalue weighted by atomic mass is 15.1. The molecular formula is C21H20N6. The van der Waals surface area contributed by atoms with Crippen LogP contribution in [-0.2, 0) is 6.42 Å². The monoisotopic (exact) mass is 356 g/mol. The minimum absolute atomic E-state index is 0.312. The van der Waals surface area contributed by atoms with Gasteiger partial charge in [0, 0.05) is 24.2 Å². The lowest BCUT2D eigenvalue weighted by molar-refractivity contribution is 0.772. The maximum Gasteiger partial charge on any atom is 0.229 e. The van der Waals surface area contributed by atoms with Crippen molar-refractivity contribution >= 4 is 28.5 Å². The van der Waals surface area contributed by atoms with Gasteiger partial charge in [0.25, 0.3) is 0 Å². The van der Waals surface area contributed by atoms with Crippen LogP contribution in [0.5, 0.6) is 0 Å². The second kappa shape index (κ2) is 6.39. The lowest BCUT2D eigenvalue weighted by Crippen LogP contribution is -2.07. The van der Waals surface area contributed by atoms with Crippen LogP contribution in [0.25, 0.3) is 11.0 Å². The van der Waals surface area contributed by atoms with Crippen LogP contribution in [0.15, 0.2) is 54.9 Å². The number of imidazole rings is 1. The Morgan fingerprint density at radius 1 is 1.07 bits per heavy atom. The van der Waals surface area contributed by atoms with E-state index in [0.717, 1.165) is 41.1 Å². The summed E-state index contributed by atoms with van der Waals surface area (Å²) >= 11 is 0. The van der Waals surface area contributed by atoms with E-state index in [9.17, 15) is 0 Å². The first-order chi connectivity index (χ1) is 13.3. The first-order valence-electron chi connectivity index (χ1n) is 9.15. The molecule has 6 nitrogen and oxygen atoms in total. The third kappa shape index (κ3) is 2.79. The Balaban J connectivity index is 1.54. The van der Waals surface area contributed by atoms with Gasteiger partial charge in [-0.1, -0.05) is 30.3 Å². The SMILES string of the molecule is CNc1nc(Nc2ccc3nc[nH]c3c2)nc2c1CCC2c1ccccc1. The Hall–Kier alpha value is -3.41. The fourth-order valence-corrected chi connectivity index (χ4v) is 3.88. The van der Waals surface area contributed by atoms with Crippen molar-refractivity contribution in [1.82, 2.24) is 19.9 Å². The maximum absolute atomic E-state index is 4.89. The van der Waals surface area contributed by atoms with Gasteiger partial charge in [-0.2, -0.15) is 4.98 Å². The number of H-pyrrole nitrogens is 1. The van der Waals surface area contributed by atoms with Crippen molar-refractivity contribution in [2.45, 2.75) is 18.8 Å². The highest BCUT2D eigenvalue weighted by molar-refractivity contribution is 5.79. The third-order valence-electron chi connectivity index (χ3n) is 5.17. The molecule has 0 bridgehead atoms. The topological polar surface area (TPSA) is 78.5 Å². The normalized spacial score (nSPS) is 15.7. The highest BCUT2D eigenvalue weighted by Gasteiger charge is 2.29. The molecular weight excluding hydrogens is 336 g/mol. The lowest BCUT2D eigenvalue weighted by Gasteiger charge is -2.15. The van der Waals surface area contributed by atoms with E-state index in [1.807, 2.05) is 25.2 Å². The number of nitrogens with one attached hydrogen (secondary N) is 3. The fraction of sp³-hybridized carbons (Fsp3) is 0.190. The van der Waals surface area contributed by atoms with E-state index in [4.69, 9.17) is 9.97 Å². The van der Waals surface area contributed by atoms with Gasteiger partial charge in [0.05, 0.1) is 23.1 Å². The number of nitrogens with zero attached hydrogens (tertiary/aromatic N) is 3. The minimum atomic E-state index is 0.312. The van der Waals surface area contributed by atoms with E-state index in [1.54, 1.807) is 6.33 Å². The van der Waals surface area contributed by atoms with Crippen molar-refractivity contribution < 1.29 is 0 Å². The number of fused-ring (bicyclic) bond motifs is 2. The van der Waals surface area contributed by atoms with Crippen LogP contribution in [0, 0.1) is 0 Å². The van der Waals surface area contributed by atoms with Gasteiger partial charge < -0.3 is 15.6 Å². The van der Waals surface area contributed by atoms with Crippen LogP contribution in [0.3, 0.4) is 0 Å². The molecule has 1 atom stereocenters. The van der Waals surface area contributed by atoms with Crippen molar-refractivity contribution in [2.75, 3.05) is 17.7 Å². The van der Waals surface area contributed by atoms with Crippen molar-refractivity contribution in [1.29, 1.82) is 0 Å². The maximum atomic E-state index is 4.89. The van der Waals surface area contributed by atoms with Crippen LogP contribution in [0.1, 0.15) is 29.2 Å². The Kier molecular flexibility index (Phi) is 3.74. The van der Waals surface area contributed by atoms with Crippen molar-refractivity contribution in [3.05, 3.63) is 71.7 Å². The van der Waals surface area contributed by atoms with Gasteiger partial charge in [-0.25, -0.2) is 9.97 Å². The number of anilines is 3. The fourth-order valence-electron chi connectivity index (χ4n) is 3.88. The third-order valence-corrected chi connectivity index (χ3v) is 5.17. The van der Waals surface area contributed by atoms with Crippen molar-refractivity contribution in [3.8, 4) is 0 Å². The average Bonchev–Trinajstić information content (AvgIpc) is 3.34. The summed E-state index contributed by atoms with van der Waals surface area (Å²) in [5.74, 6) is 1.83. The number of benzene rings is 2. The predicted molar refractivity (Wildman–Crippen MR) is 108 cm³/mol. The molecule has 3 N–H and O–H groups in total. The molecule has 1 aliphatic carbocycles. The average molecular weight is 356 g/mol. The molecule has 0 saturated heterocycles. The lowest BCUT2D eigenvalue weighted by atomic mass is 9.97. The Morgan fingerprint density at radius 3 is 2.81 bits per heavy atom. The van der Waals surface area contributed by atoms with E-state index in [1.165, 1.54) is 11.1 Å². The molecule has 5 rings (SSSR count). The van der Waals surface area contributed by atoms with Crippen molar-refractivity contribution in [3.63, 3.8) is 0 Å². The van der Waals surface area contributed by atoms with Crippen LogP contribution >= 0.6 is 0 Å². The minimum Gasteiger partial charge on any atom is -0.373 e. The van der Waals surface area contributed by atoms with E-state index in [2.05, 4.69) is 50.9 Å². The molecule has 0 radical (unpaired) electrons. The molecule has 2 aromatic carbocycles. The Bertz CT molecular complexity index is 1100. The zero-order chi connectivity index (χ0) is 18.2. The smallest absolute Gasteiger partial charge is 0.229 e. The molecule has 0 amide bonds. The van der Waals surface area contributed by atoms with Gasteiger partial charge in [0.2, 0.25) is 5.95 Å². The summed E-state index contributed by atoms with van der Waals surface area (Å²) in [6, 6.07) is 16.6. The molecule has 0 aliphatic heterocycles. The molecule has 0 spiro atoms. The molecule has 1 aliphatic rings. The number of aromatic amines is 1. The predicted octanol–water partition coefficient (Wildman–Crippen LogP) is 4.22. The zero-order valence-electron chi connectivity index (χ0n) is 15.0. The molecule has 0 fully saturated rings. The summed E-state index contributed by atoms with van der Waals surface area (Å²) < 4.78 is 0. The van der Waals surface area contributed by atoms with Crippen LogP contribution in [0.4, 0.5) is 17.5 Å². The second-order valence-corrected chi connectivity index (χ2v) is 6.77. The van der Waals surface area contributed by atoms with Gasteiger partial charge in [-0.05, 0) is 36.6 Å². The number of rotatable bonds is 4. The molecule has 1 unspecified atom stereocenters. The molecule has 27 heavy (non-hydrogen) atoms. The molecule has 2 heterocycles. The molecule has 134 valence electrons. The van der Waals surface area contributed by atoms with E-state index >= 15 is 0 Å². The summed E-state index contributed by atoms with van der Waals surface area (Å²) in [5.41, 5.74) is 6.50. The largest absolute Gasteiger partial charge is 0.373 e. The van der Waals surface area contributed by atoms with E-state index < -0.39 is 0 Å². The number of hydrogen-bond acceptors (Lipinski definition) is 5. The Morgan fingerprint density at radius 2 is 1.96 bits per heavy atom. The van der Waals surface area contributed by atoms with Crippen LogP contribution < -0.4 is 10.6 Å². The quantitative estimate of drug-likeness (QED) is 0.510. The zero-order valence-corrected chi connectivity index (χ0v) is 15.0. The highest BCUT2D eigenvalue weighted by Crippen LogP contribution is 2.40. The van der Waals surface area contributed by atoms with Crippen LogP contribution in [0.2, 0.25) is 0 Å². The number of hydrogen-bond donors (Lipinski definition) is 3. The summed E-state index contributed by atoms with van der Waals surface area (Å²) in [6.07, 6.45) is 3.75. The molecule has 2 aromatic heterocycles. The first kappa shape index (κ1) is 15.8. The first-order valence-corrected chi connectivity index (χ1v) is 9.15. The summed E-state index contributed by atoms with van der Waals surface area (Å²) in [5, 5.41) is 6.60. The van der Waals surface area contributed by atoms with Gasteiger partial charge >= 0.3 is 0 Å². The van der Waals surface area contributed by atoms with E-state index in [0.29, 0.717) is 11.9 Å². The van der Waals surface area contributed by atoms with Gasteiger partial charge in [-0.15, -0.1) is 0 Å². The second-order valence-electron chi connectivity index (χ2n) is 6.77. The van der Waals surface area contributed by atoms with Gasteiger partial charge in [0.1, 0.15) is 5.82 Å². The van der Waals surface area contributed by atoms with Gasteiger partial charge in [-0.3, -0.25) is 0 Å². The molecule has 0 saturated carbocycles. The summed E-state index contributed by atoms with van der Waals surface area (Å²) in [7, 11) is 1.92.